The van der Waals surface area contributed by atoms with Crippen molar-refractivity contribution in [3.8, 4) is 5.75 Å². The van der Waals surface area contributed by atoms with Gasteiger partial charge in [0.1, 0.15) is 18.4 Å². The van der Waals surface area contributed by atoms with Gasteiger partial charge in [-0.25, -0.2) is 0 Å². The molecule has 1 unspecified atom stereocenters. The van der Waals surface area contributed by atoms with Gasteiger partial charge in [-0.1, -0.05) is 35.9 Å². The maximum absolute atomic E-state index is 12.8. The fourth-order valence-corrected chi connectivity index (χ4v) is 3.49. The van der Waals surface area contributed by atoms with Gasteiger partial charge in [-0.2, -0.15) is 5.10 Å². The minimum Gasteiger partial charge on any atom is -0.489 e. The van der Waals surface area contributed by atoms with Crippen LogP contribution in [0.15, 0.2) is 91.3 Å². The van der Waals surface area contributed by atoms with Crippen molar-refractivity contribution in [3.05, 3.63) is 107 Å². The highest BCUT2D eigenvalue weighted by molar-refractivity contribution is 6.30. The Morgan fingerprint density at radius 2 is 1.74 bits per heavy atom. The SMILES string of the molecule is CC(C(=O)Nc1cccc(NC(=O)c2cccc(OCc3cccc(Cl)c3)c2)c1)n1cccn1. The first-order valence-electron chi connectivity index (χ1n) is 10.7. The van der Waals surface area contributed by atoms with E-state index in [0.717, 1.165) is 5.56 Å². The van der Waals surface area contributed by atoms with Crippen molar-refractivity contribution in [1.29, 1.82) is 0 Å². The molecule has 0 aliphatic carbocycles. The number of rotatable bonds is 8. The number of benzene rings is 3. The Bertz CT molecular complexity index is 1290. The van der Waals surface area contributed by atoms with E-state index in [9.17, 15) is 9.59 Å². The molecular weight excluding hydrogens is 452 g/mol. The van der Waals surface area contributed by atoms with Crippen molar-refractivity contribution >= 4 is 34.8 Å². The summed E-state index contributed by atoms with van der Waals surface area (Å²) in [6.45, 7) is 2.10. The standard InChI is InChI=1S/C26H23ClN4O3/c1-18(31-13-5-12-28-31)25(32)29-22-9-4-10-23(16-22)30-26(33)20-7-3-11-24(15-20)34-17-19-6-2-8-21(27)14-19/h2-16,18H,17H2,1H3,(H,29,32)(H,30,33). The molecule has 0 saturated carbocycles. The number of carbonyl (C=O) groups excluding carboxylic acids is 2. The van der Waals surface area contributed by atoms with Crippen molar-refractivity contribution in [2.24, 2.45) is 0 Å². The van der Waals surface area contributed by atoms with Crippen molar-refractivity contribution < 1.29 is 14.3 Å². The first kappa shape index (κ1) is 23.1. The Morgan fingerprint density at radius 3 is 2.50 bits per heavy atom. The molecule has 3 aromatic carbocycles. The zero-order valence-corrected chi connectivity index (χ0v) is 19.2. The number of hydrogen-bond acceptors (Lipinski definition) is 4. The molecule has 0 aliphatic heterocycles. The molecule has 0 fully saturated rings. The van der Waals surface area contributed by atoms with Crippen LogP contribution in [0.25, 0.3) is 0 Å². The predicted octanol–water partition coefficient (Wildman–Crippen LogP) is 5.57. The average molecular weight is 475 g/mol. The van der Waals surface area contributed by atoms with Crippen LogP contribution in [0.3, 0.4) is 0 Å². The third kappa shape index (κ3) is 6.02. The van der Waals surface area contributed by atoms with Gasteiger partial charge in [0.05, 0.1) is 0 Å². The zero-order chi connectivity index (χ0) is 23.9. The molecule has 8 heteroatoms. The third-order valence-electron chi connectivity index (χ3n) is 5.08. The number of hydrogen-bond donors (Lipinski definition) is 2. The normalized spacial score (nSPS) is 11.5. The topological polar surface area (TPSA) is 85.3 Å². The first-order valence-corrected chi connectivity index (χ1v) is 11.0. The maximum atomic E-state index is 12.8. The summed E-state index contributed by atoms with van der Waals surface area (Å²) >= 11 is 6.01. The van der Waals surface area contributed by atoms with Crippen LogP contribution in [0.2, 0.25) is 5.02 Å². The molecule has 1 heterocycles. The van der Waals surface area contributed by atoms with Crippen LogP contribution in [0.1, 0.15) is 28.9 Å². The van der Waals surface area contributed by atoms with Gasteiger partial charge >= 0.3 is 0 Å². The summed E-state index contributed by atoms with van der Waals surface area (Å²) in [4.78, 5) is 25.3. The molecule has 0 radical (unpaired) electrons. The molecule has 172 valence electrons. The Morgan fingerprint density at radius 1 is 0.971 bits per heavy atom. The molecule has 0 bridgehead atoms. The van der Waals surface area contributed by atoms with E-state index in [1.807, 2.05) is 18.2 Å². The van der Waals surface area contributed by atoms with E-state index in [1.165, 1.54) is 0 Å². The number of nitrogens with zero attached hydrogens (tertiary/aromatic N) is 2. The Kier molecular flexibility index (Phi) is 7.25. The van der Waals surface area contributed by atoms with E-state index >= 15 is 0 Å². The Hall–Kier alpha value is -4.10. The molecule has 2 N–H and O–H groups in total. The summed E-state index contributed by atoms with van der Waals surface area (Å²) in [5.41, 5.74) is 2.51. The van der Waals surface area contributed by atoms with Crippen LogP contribution in [0, 0.1) is 0 Å². The molecule has 7 nitrogen and oxygen atoms in total. The van der Waals surface area contributed by atoms with Crippen LogP contribution in [-0.4, -0.2) is 21.6 Å². The van der Waals surface area contributed by atoms with Crippen molar-refractivity contribution in [3.63, 3.8) is 0 Å². The van der Waals surface area contributed by atoms with Gasteiger partial charge in [0.15, 0.2) is 0 Å². The summed E-state index contributed by atoms with van der Waals surface area (Å²) in [6.07, 6.45) is 3.35. The number of aromatic nitrogens is 2. The van der Waals surface area contributed by atoms with Crippen LogP contribution < -0.4 is 15.4 Å². The van der Waals surface area contributed by atoms with Crippen molar-refractivity contribution in [1.82, 2.24) is 9.78 Å². The van der Waals surface area contributed by atoms with Crippen molar-refractivity contribution in [2.75, 3.05) is 10.6 Å². The number of nitrogens with one attached hydrogen (secondary N) is 2. The summed E-state index contributed by atoms with van der Waals surface area (Å²) in [5, 5.41) is 10.4. The Balaban J connectivity index is 1.38. The molecular formula is C26H23ClN4O3. The molecule has 2 amide bonds. The minimum atomic E-state index is -0.470. The number of halogens is 1. The van der Waals surface area contributed by atoms with Crippen LogP contribution in [-0.2, 0) is 11.4 Å². The molecule has 34 heavy (non-hydrogen) atoms. The molecule has 4 rings (SSSR count). The molecule has 1 aromatic heterocycles. The predicted molar refractivity (Wildman–Crippen MR) is 132 cm³/mol. The van der Waals surface area contributed by atoms with E-state index in [2.05, 4.69) is 15.7 Å². The lowest BCUT2D eigenvalue weighted by Crippen LogP contribution is -2.24. The molecule has 0 saturated heterocycles. The smallest absolute Gasteiger partial charge is 0.255 e. The molecule has 4 aromatic rings. The fourth-order valence-electron chi connectivity index (χ4n) is 3.28. The highest BCUT2D eigenvalue weighted by Crippen LogP contribution is 2.20. The Labute approximate surface area is 202 Å². The van der Waals surface area contributed by atoms with E-state index < -0.39 is 6.04 Å². The van der Waals surface area contributed by atoms with Crippen LogP contribution >= 0.6 is 11.6 Å². The van der Waals surface area contributed by atoms with Crippen LogP contribution in [0.4, 0.5) is 11.4 Å². The second kappa shape index (κ2) is 10.7. The monoisotopic (exact) mass is 474 g/mol. The summed E-state index contributed by atoms with van der Waals surface area (Å²) in [5.74, 6) is 0.0690. The number of ether oxygens (including phenoxy) is 1. The van der Waals surface area contributed by atoms with Crippen molar-refractivity contribution in [2.45, 2.75) is 19.6 Å². The average Bonchev–Trinajstić information content (AvgIpc) is 3.38. The lowest BCUT2D eigenvalue weighted by molar-refractivity contribution is -0.119. The van der Waals surface area contributed by atoms with E-state index in [1.54, 1.807) is 84.7 Å². The third-order valence-corrected chi connectivity index (χ3v) is 5.31. The van der Waals surface area contributed by atoms with E-state index in [-0.39, 0.29) is 11.8 Å². The highest BCUT2D eigenvalue weighted by Gasteiger charge is 2.15. The van der Waals surface area contributed by atoms with Gasteiger partial charge in [-0.15, -0.1) is 0 Å². The quantitative estimate of drug-likeness (QED) is 0.349. The lowest BCUT2D eigenvalue weighted by atomic mass is 10.2. The molecule has 1 atom stereocenters. The fraction of sp³-hybridized carbons (Fsp3) is 0.115. The maximum Gasteiger partial charge on any atom is 0.255 e. The van der Waals surface area contributed by atoms with Gasteiger partial charge in [0.2, 0.25) is 5.91 Å². The number of carbonyl (C=O) groups is 2. The first-order chi connectivity index (χ1) is 16.5. The summed E-state index contributed by atoms with van der Waals surface area (Å²) in [7, 11) is 0. The zero-order valence-electron chi connectivity index (χ0n) is 18.4. The van der Waals surface area contributed by atoms with Gasteiger partial charge in [0.25, 0.3) is 5.91 Å². The minimum absolute atomic E-state index is 0.211. The van der Waals surface area contributed by atoms with Gasteiger partial charge < -0.3 is 15.4 Å². The van der Waals surface area contributed by atoms with Crippen LogP contribution in [0.5, 0.6) is 5.75 Å². The van der Waals surface area contributed by atoms with E-state index in [4.69, 9.17) is 16.3 Å². The number of anilines is 2. The second-order valence-corrected chi connectivity index (χ2v) is 8.07. The second-order valence-electron chi connectivity index (χ2n) is 7.63. The van der Waals surface area contributed by atoms with Gasteiger partial charge in [0, 0.05) is 34.4 Å². The van der Waals surface area contributed by atoms with E-state index in [0.29, 0.717) is 34.3 Å². The number of amides is 2. The highest BCUT2D eigenvalue weighted by atomic mass is 35.5. The summed E-state index contributed by atoms with van der Waals surface area (Å²) in [6, 6.07) is 22.6. The lowest BCUT2D eigenvalue weighted by Gasteiger charge is -2.14. The van der Waals surface area contributed by atoms with Gasteiger partial charge in [-0.05, 0) is 67.1 Å². The van der Waals surface area contributed by atoms with Gasteiger partial charge in [-0.3, -0.25) is 14.3 Å². The molecule has 0 aliphatic rings. The largest absolute Gasteiger partial charge is 0.489 e. The summed E-state index contributed by atoms with van der Waals surface area (Å²) < 4.78 is 7.38. The molecule has 0 spiro atoms.